The normalized spacial score (nSPS) is 13.8. The summed E-state index contributed by atoms with van der Waals surface area (Å²) in [4.78, 5) is 4.59. The maximum atomic E-state index is 10.1. The van der Waals surface area contributed by atoms with Crippen molar-refractivity contribution >= 4 is 11.3 Å². The molecule has 0 spiro atoms. The van der Waals surface area contributed by atoms with Crippen molar-refractivity contribution in [2.75, 3.05) is 0 Å². The van der Waals surface area contributed by atoms with Crippen LogP contribution in [0.15, 0.2) is 17.8 Å². The SMILES string of the molecule is Cn1cc(C(O)Cc2nc(C(C)(C)C)cs2)cn1. The molecule has 2 rings (SSSR count). The van der Waals surface area contributed by atoms with Crippen molar-refractivity contribution in [2.24, 2.45) is 7.05 Å². The molecule has 0 amide bonds. The molecule has 0 radical (unpaired) electrons. The monoisotopic (exact) mass is 265 g/mol. The lowest BCUT2D eigenvalue weighted by Crippen LogP contribution is -2.11. The molecule has 0 saturated carbocycles. The Bertz CT molecular complexity index is 524. The summed E-state index contributed by atoms with van der Waals surface area (Å²) in [5.74, 6) is 0. The van der Waals surface area contributed by atoms with Crippen molar-refractivity contribution in [3.05, 3.63) is 34.0 Å². The molecule has 0 fully saturated rings. The highest BCUT2D eigenvalue weighted by Crippen LogP contribution is 2.26. The summed E-state index contributed by atoms with van der Waals surface area (Å²) in [6.45, 7) is 6.43. The average molecular weight is 265 g/mol. The summed E-state index contributed by atoms with van der Waals surface area (Å²) >= 11 is 1.61. The number of thiazole rings is 1. The van der Waals surface area contributed by atoms with E-state index in [0.717, 1.165) is 16.3 Å². The Morgan fingerprint density at radius 2 is 2.17 bits per heavy atom. The van der Waals surface area contributed by atoms with Crippen molar-refractivity contribution in [3.63, 3.8) is 0 Å². The number of hydrogen-bond acceptors (Lipinski definition) is 4. The standard InChI is InChI=1S/C13H19N3OS/c1-13(2,3)11-8-18-12(15-11)5-10(17)9-6-14-16(4)7-9/h6-8,10,17H,5H2,1-4H3. The molecule has 0 saturated heterocycles. The van der Waals surface area contributed by atoms with Crippen LogP contribution in [0.4, 0.5) is 0 Å². The van der Waals surface area contributed by atoms with Crippen LogP contribution in [0.25, 0.3) is 0 Å². The van der Waals surface area contributed by atoms with Crippen molar-refractivity contribution in [1.82, 2.24) is 14.8 Å². The highest BCUT2D eigenvalue weighted by Gasteiger charge is 2.19. The van der Waals surface area contributed by atoms with E-state index in [1.165, 1.54) is 0 Å². The van der Waals surface area contributed by atoms with E-state index in [0.29, 0.717) is 6.42 Å². The molecule has 18 heavy (non-hydrogen) atoms. The van der Waals surface area contributed by atoms with Crippen LogP contribution in [0.3, 0.4) is 0 Å². The van der Waals surface area contributed by atoms with Crippen LogP contribution in [0.5, 0.6) is 0 Å². The number of hydrogen-bond donors (Lipinski definition) is 1. The predicted octanol–water partition coefficient (Wildman–Crippen LogP) is 2.45. The second-order valence-electron chi connectivity index (χ2n) is 5.54. The van der Waals surface area contributed by atoms with E-state index in [-0.39, 0.29) is 5.41 Å². The quantitative estimate of drug-likeness (QED) is 0.927. The van der Waals surface area contributed by atoms with E-state index in [9.17, 15) is 5.11 Å². The van der Waals surface area contributed by atoms with E-state index in [1.54, 1.807) is 22.2 Å². The molecule has 1 unspecified atom stereocenters. The van der Waals surface area contributed by atoms with Gasteiger partial charge in [-0.3, -0.25) is 4.68 Å². The van der Waals surface area contributed by atoms with E-state index < -0.39 is 6.10 Å². The second-order valence-corrected chi connectivity index (χ2v) is 6.49. The number of aliphatic hydroxyl groups is 1. The molecule has 0 aliphatic heterocycles. The van der Waals surface area contributed by atoms with Gasteiger partial charge in [-0.1, -0.05) is 20.8 Å². The fourth-order valence-electron chi connectivity index (χ4n) is 1.64. The van der Waals surface area contributed by atoms with Gasteiger partial charge < -0.3 is 5.11 Å². The van der Waals surface area contributed by atoms with Crippen LogP contribution in [0.2, 0.25) is 0 Å². The molecule has 0 aliphatic rings. The maximum absolute atomic E-state index is 10.1. The van der Waals surface area contributed by atoms with Gasteiger partial charge in [0, 0.05) is 36.0 Å². The molecule has 0 aliphatic carbocycles. The van der Waals surface area contributed by atoms with Crippen molar-refractivity contribution < 1.29 is 5.11 Å². The van der Waals surface area contributed by atoms with Gasteiger partial charge in [-0.2, -0.15) is 5.10 Å². The van der Waals surface area contributed by atoms with Gasteiger partial charge in [-0.15, -0.1) is 11.3 Å². The third-order valence-corrected chi connectivity index (χ3v) is 3.67. The number of aliphatic hydroxyl groups excluding tert-OH is 1. The summed E-state index contributed by atoms with van der Waals surface area (Å²) in [6.07, 6.45) is 3.55. The highest BCUT2D eigenvalue weighted by molar-refractivity contribution is 7.09. The maximum Gasteiger partial charge on any atom is 0.0957 e. The van der Waals surface area contributed by atoms with Crippen molar-refractivity contribution in [2.45, 2.75) is 38.7 Å². The first-order valence-electron chi connectivity index (χ1n) is 5.98. The Labute approximate surface area is 111 Å². The molecule has 0 aromatic carbocycles. The molecule has 2 heterocycles. The predicted molar refractivity (Wildman–Crippen MR) is 72.7 cm³/mol. The average Bonchev–Trinajstić information content (AvgIpc) is 2.85. The first-order valence-corrected chi connectivity index (χ1v) is 6.86. The minimum atomic E-state index is -0.530. The van der Waals surface area contributed by atoms with Crippen LogP contribution in [-0.4, -0.2) is 19.9 Å². The van der Waals surface area contributed by atoms with Gasteiger partial charge in [-0.05, 0) is 0 Å². The molecule has 1 atom stereocenters. The smallest absolute Gasteiger partial charge is 0.0957 e. The topological polar surface area (TPSA) is 50.9 Å². The first kappa shape index (κ1) is 13.2. The van der Waals surface area contributed by atoms with Crippen LogP contribution < -0.4 is 0 Å². The Morgan fingerprint density at radius 1 is 1.44 bits per heavy atom. The van der Waals surface area contributed by atoms with Gasteiger partial charge in [0.25, 0.3) is 0 Å². The molecule has 4 nitrogen and oxygen atoms in total. The molecule has 2 aromatic heterocycles. The molecule has 1 N–H and O–H groups in total. The minimum absolute atomic E-state index is 0.0635. The summed E-state index contributed by atoms with van der Waals surface area (Å²) in [5, 5.41) is 17.2. The zero-order valence-electron chi connectivity index (χ0n) is 11.2. The van der Waals surface area contributed by atoms with E-state index in [2.05, 4.69) is 36.2 Å². The number of rotatable bonds is 3. The van der Waals surface area contributed by atoms with E-state index in [4.69, 9.17) is 0 Å². The van der Waals surface area contributed by atoms with E-state index >= 15 is 0 Å². The van der Waals surface area contributed by atoms with Gasteiger partial charge in [0.15, 0.2) is 0 Å². The largest absolute Gasteiger partial charge is 0.388 e. The van der Waals surface area contributed by atoms with Gasteiger partial charge in [0.05, 0.1) is 23.0 Å². The fraction of sp³-hybridized carbons (Fsp3) is 0.538. The first-order chi connectivity index (χ1) is 8.36. The minimum Gasteiger partial charge on any atom is -0.388 e. The molecule has 0 bridgehead atoms. The molecule has 98 valence electrons. The van der Waals surface area contributed by atoms with E-state index in [1.807, 2.05) is 13.2 Å². The van der Waals surface area contributed by atoms with Gasteiger partial charge in [-0.25, -0.2) is 4.98 Å². The number of aromatic nitrogens is 3. The number of nitrogens with zero attached hydrogens (tertiary/aromatic N) is 3. The fourth-order valence-corrected chi connectivity index (χ4v) is 2.70. The lowest BCUT2D eigenvalue weighted by Gasteiger charge is -2.14. The molecule has 2 aromatic rings. The Balaban J connectivity index is 2.08. The van der Waals surface area contributed by atoms with Gasteiger partial charge in [0.1, 0.15) is 0 Å². The zero-order chi connectivity index (χ0) is 13.3. The van der Waals surface area contributed by atoms with Crippen LogP contribution in [0.1, 0.15) is 43.1 Å². The Morgan fingerprint density at radius 3 is 2.67 bits per heavy atom. The third kappa shape index (κ3) is 2.97. The van der Waals surface area contributed by atoms with Crippen LogP contribution in [-0.2, 0) is 18.9 Å². The summed E-state index contributed by atoms with van der Waals surface area (Å²) in [7, 11) is 1.84. The number of aryl methyl sites for hydroxylation is 1. The van der Waals surface area contributed by atoms with Gasteiger partial charge in [0.2, 0.25) is 0 Å². The second kappa shape index (κ2) is 4.82. The van der Waals surface area contributed by atoms with Crippen molar-refractivity contribution in [3.8, 4) is 0 Å². The summed E-state index contributed by atoms with van der Waals surface area (Å²) in [5.41, 5.74) is 1.99. The lowest BCUT2D eigenvalue weighted by molar-refractivity contribution is 0.178. The summed E-state index contributed by atoms with van der Waals surface area (Å²) in [6, 6.07) is 0. The molecular formula is C13H19N3OS. The molecular weight excluding hydrogens is 246 g/mol. The third-order valence-electron chi connectivity index (χ3n) is 2.80. The Hall–Kier alpha value is -1.20. The van der Waals surface area contributed by atoms with Crippen molar-refractivity contribution in [1.29, 1.82) is 0 Å². The summed E-state index contributed by atoms with van der Waals surface area (Å²) < 4.78 is 1.70. The van der Waals surface area contributed by atoms with Crippen LogP contribution in [0, 0.1) is 0 Å². The lowest BCUT2D eigenvalue weighted by atomic mass is 9.93. The highest BCUT2D eigenvalue weighted by atomic mass is 32.1. The Kier molecular flexibility index (Phi) is 3.54. The zero-order valence-corrected chi connectivity index (χ0v) is 12.0. The van der Waals surface area contributed by atoms with Gasteiger partial charge >= 0.3 is 0 Å². The van der Waals surface area contributed by atoms with Crippen LogP contribution >= 0.6 is 11.3 Å². The molecule has 5 heteroatoms.